The highest BCUT2D eigenvalue weighted by molar-refractivity contribution is 5.98. The first-order chi connectivity index (χ1) is 10.0. The molecule has 2 rings (SSSR count). The minimum atomic E-state index is 0.573. The fourth-order valence-corrected chi connectivity index (χ4v) is 2.25. The summed E-state index contributed by atoms with van der Waals surface area (Å²) in [6.45, 7) is 7.03. The third kappa shape index (κ3) is 3.43. The maximum Gasteiger partial charge on any atom is 0.128 e. The van der Waals surface area contributed by atoms with Gasteiger partial charge < -0.3 is 10.2 Å². The number of nitrogens with one attached hydrogen (secondary N) is 2. The number of para-hydroxylation sites is 1. The van der Waals surface area contributed by atoms with Gasteiger partial charge in [0.05, 0.1) is 0 Å². The molecule has 0 saturated heterocycles. The molecule has 0 saturated carbocycles. The SMILES string of the molecule is CCN(C)C(=N)c1cc(C)c(Nc2ccccc2)cc1C. The van der Waals surface area contributed by atoms with E-state index in [9.17, 15) is 0 Å². The Morgan fingerprint density at radius 3 is 2.38 bits per heavy atom. The summed E-state index contributed by atoms with van der Waals surface area (Å²) >= 11 is 0. The molecule has 0 fully saturated rings. The monoisotopic (exact) mass is 281 g/mol. The summed E-state index contributed by atoms with van der Waals surface area (Å²) in [7, 11) is 1.95. The van der Waals surface area contributed by atoms with E-state index >= 15 is 0 Å². The molecule has 0 aliphatic heterocycles. The van der Waals surface area contributed by atoms with Crippen molar-refractivity contribution < 1.29 is 0 Å². The zero-order chi connectivity index (χ0) is 15.4. The van der Waals surface area contributed by atoms with Crippen LogP contribution in [-0.4, -0.2) is 24.3 Å². The maximum atomic E-state index is 8.27. The highest BCUT2D eigenvalue weighted by Gasteiger charge is 2.11. The van der Waals surface area contributed by atoms with Crippen LogP contribution in [0.3, 0.4) is 0 Å². The molecule has 0 spiro atoms. The van der Waals surface area contributed by atoms with E-state index in [1.165, 1.54) is 0 Å². The number of nitrogens with zero attached hydrogens (tertiary/aromatic N) is 1. The van der Waals surface area contributed by atoms with Crippen LogP contribution in [0.1, 0.15) is 23.6 Å². The maximum absolute atomic E-state index is 8.27. The van der Waals surface area contributed by atoms with Crippen LogP contribution in [-0.2, 0) is 0 Å². The lowest BCUT2D eigenvalue weighted by molar-refractivity contribution is 0.532. The van der Waals surface area contributed by atoms with Crippen molar-refractivity contribution in [2.75, 3.05) is 18.9 Å². The lowest BCUT2D eigenvalue weighted by Gasteiger charge is -2.21. The summed E-state index contributed by atoms with van der Waals surface area (Å²) in [4.78, 5) is 1.95. The molecular formula is C18H23N3. The third-order valence-electron chi connectivity index (χ3n) is 3.74. The first kappa shape index (κ1) is 15.1. The second kappa shape index (κ2) is 6.44. The first-order valence-electron chi connectivity index (χ1n) is 7.26. The van der Waals surface area contributed by atoms with E-state index < -0.39 is 0 Å². The van der Waals surface area contributed by atoms with Gasteiger partial charge in [0.15, 0.2) is 0 Å². The van der Waals surface area contributed by atoms with E-state index in [1.807, 2.05) is 30.1 Å². The number of anilines is 2. The van der Waals surface area contributed by atoms with Gasteiger partial charge in [0.2, 0.25) is 0 Å². The van der Waals surface area contributed by atoms with Crippen molar-refractivity contribution >= 4 is 17.2 Å². The molecule has 0 amide bonds. The van der Waals surface area contributed by atoms with Crippen LogP contribution in [0.2, 0.25) is 0 Å². The van der Waals surface area contributed by atoms with Gasteiger partial charge in [-0.2, -0.15) is 0 Å². The second-order valence-electron chi connectivity index (χ2n) is 5.34. The van der Waals surface area contributed by atoms with Gasteiger partial charge in [-0.05, 0) is 56.2 Å². The average molecular weight is 281 g/mol. The number of hydrogen-bond acceptors (Lipinski definition) is 2. The minimum absolute atomic E-state index is 0.573. The summed E-state index contributed by atoms with van der Waals surface area (Å²) in [5, 5.41) is 11.7. The van der Waals surface area contributed by atoms with Gasteiger partial charge in [-0.15, -0.1) is 0 Å². The van der Waals surface area contributed by atoms with Gasteiger partial charge >= 0.3 is 0 Å². The summed E-state index contributed by atoms with van der Waals surface area (Å²) in [5.41, 5.74) is 5.43. The predicted octanol–water partition coefficient (Wildman–Crippen LogP) is 4.32. The van der Waals surface area contributed by atoms with Crippen molar-refractivity contribution in [3.8, 4) is 0 Å². The van der Waals surface area contributed by atoms with Crippen molar-refractivity contribution in [3.63, 3.8) is 0 Å². The Balaban J connectivity index is 2.31. The summed E-state index contributed by atoms with van der Waals surface area (Å²) in [6.07, 6.45) is 0. The Morgan fingerprint density at radius 1 is 1.10 bits per heavy atom. The van der Waals surface area contributed by atoms with Crippen molar-refractivity contribution in [1.29, 1.82) is 5.41 Å². The Bertz CT molecular complexity index is 632. The number of benzene rings is 2. The van der Waals surface area contributed by atoms with Crippen LogP contribution in [0.25, 0.3) is 0 Å². The molecule has 0 heterocycles. The topological polar surface area (TPSA) is 39.1 Å². The molecule has 0 radical (unpaired) electrons. The second-order valence-corrected chi connectivity index (χ2v) is 5.34. The predicted molar refractivity (Wildman–Crippen MR) is 90.8 cm³/mol. The highest BCUT2D eigenvalue weighted by atomic mass is 15.1. The van der Waals surface area contributed by atoms with Gasteiger partial charge in [-0.3, -0.25) is 5.41 Å². The van der Waals surface area contributed by atoms with E-state index in [0.717, 1.165) is 34.6 Å². The van der Waals surface area contributed by atoms with Gasteiger partial charge in [0.25, 0.3) is 0 Å². The molecular weight excluding hydrogens is 258 g/mol. The van der Waals surface area contributed by atoms with Gasteiger partial charge in [-0.1, -0.05) is 18.2 Å². The zero-order valence-electron chi connectivity index (χ0n) is 13.2. The van der Waals surface area contributed by atoms with E-state index in [2.05, 4.69) is 50.4 Å². The van der Waals surface area contributed by atoms with Gasteiger partial charge in [0, 0.05) is 30.5 Å². The molecule has 2 aromatic rings. The molecule has 0 unspecified atom stereocenters. The summed E-state index contributed by atoms with van der Waals surface area (Å²) in [5.74, 6) is 0.573. The van der Waals surface area contributed by atoms with Crippen LogP contribution in [0.5, 0.6) is 0 Å². The number of hydrogen-bond donors (Lipinski definition) is 2. The van der Waals surface area contributed by atoms with Crippen LogP contribution in [0.15, 0.2) is 42.5 Å². The number of aryl methyl sites for hydroxylation is 2. The fraction of sp³-hybridized carbons (Fsp3) is 0.278. The Morgan fingerprint density at radius 2 is 1.76 bits per heavy atom. The van der Waals surface area contributed by atoms with E-state index in [4.69, 9.17) is 5.41 Å². The van der Waals surface area contributed by atoms with E-state index in [1.54, 1.807) is 0 Å². The third-order valence-corrected chi connectivity index (χ3v) is 3.74. The smallest absolute Gasteiger partial charge is 0.128 e. The average Bonchev–Trinajstić information content (AvgIpc) is 2.50. The normalized spacial score (nSPS) is 10.3. The molecule has 21 heavy (non-hydrogen) atoms. The molecule has 0 bridgehead atoms. The van der Waals surface area contributed by atoms with E-state index in [-0.39, 0.29) is 0 Å². The molecule has 0 aliphatic carbocycles. The van der Waals surface area contributed by atoms with Gasteiger partial charge in [-0.25, -0.2) is 0 Å². The standard InChI is InChI=1S/C18H23N3/c1-5-21(4)18(19)16-11-14(3)17(12-13(16)2)20-15-9-7-6-8-10-15/h6-12,19-20H,5H2,1-4H3. The highest BCUT2D eigenvalue weighted by Crippen LogP contribution is 2.25. The zero-order valence-corrected chi connectivity index (χ0v) is 13.2. The molecule has 3 heteroatoms. The first-order valence-corrected chi connectivity index (χ1v) is 7.26. The van der Waals surface area contributed by atoms with Crippen LogP contribution < -0.4 is 5.32 Å². The molecule has 0 aliphatic rings. The van der Waals surface area contributed by atoms with Crippen molar-refractivity contribution in [3.05, 3.63) is 59.2 Å². The number of amidine groups is 1. The van der Waals surface area contributed by atoms with E-state index in [0.29, 0.717) is 5.84 Å². The summed E-state index contributed by atoms with van der Waals surface area (Å²) < 4.78 is 0. The minimum Gasteiger partial charge on any atom is -0.360 e. The Kier molecular flexibility index (Phi) is 4.63. The molecule has 0 aromatic heterocycles. The van der Waals surface area contributed by atoms with Crippen molar-refractivity contribution in [1.82, 2.24) is 4.90 Å². The molecule has 3 nitrogen and oxygen atoms in total. The van der Waals surface area contributed by atoms with Crippen molar-refractivity contribution in [2.45, 2.75) is 20.8 Å². The van der Waals surface area contributed by atoms with Crippen LogP contribution in [0, 0.1) is 19.3 Å². The molecule has 0 atom stereocenters. The van der Waals surface area contributed by atoms with Crippen LogP contribution in [0.4, 0.5) is 11.4 Å². The molecule has 2 aromatic carbocycles. The largest absolute Gasteiger partial charge is 0.360 e. The Labute approximate surface area is 127 Å². The van der Waals surface area contributed by atoms with Crippen molar-refractivity contribution in [2.24, 2.45) is 0 Å². The number of rotatable bonds is 4. The Hall–Kier alpha value is -2.29. The fourth-order valence-electron chi connectivity index (χ4n) is 2.25. The molecule has 110 valence electrons. The summed E-state index contributed by atoms with van der Waals surface area (Å²) in [6, 6.07) is 14.4. The van der Waals surface area contributed by atoms with Crippen LogP contribution >= 0.6 is 0 Å². The van der Waals surface area contributed by atoms with Gasteiger partial charge in [0.1, 0.15) is 5.84 Å². The molecule has 2 N–H and O–H groups in total. The lowest BCUT2D eigenvalue weighted by Crippen LogP contribution is -2.27. The quantitative estimate of drug-likeness (QED) is 0.647. The lowest BCUT2D eigenvalue weighted by atomic mass is 10.0.